The Kier molecular flexibility index (Phi) is 2.51. The van der Waals surface area contributed by atoms with E-state index in [2.05, 4.69) is 16.9 Å². The van der Waals surface area contributed by atoms with Crippen LogP contribution in [0.25, 0.3) is 10.2 Å². The molecule has 0 saturated carbocycles. The average molecular weight is 218 g/mol. The zero-order chi connectivity index (χ0) is 10.8. The molecule has 3 nitrogen and oxygen atoms in total. The Morgan fingerprint density at radius 2 is 2.40 bits per heavy atom. The van der Waals surface area contributed by atoms with E-state index in [1.165, 1.54) is 6.08 Å². The second-order valence-corrected chi connectivity index (χ2v) is 4.34. The monoisotopic (exact) mass is 218 g/mol. The molecule has 76 valence electrons. The van der Waals surface area contributed by atoms with Crippen molar-refractivity contribution in [2.45, 2.75) is 6.92 Å². The highest BCUT2D eigenvalue weighted by Crippen LogP contribution is 2.24. The van der Waals surface area contributed by atoms with Gasteiger partial charge in [0.1, 0.15) is 0 Å². The summed E-state index contributed by atoms with van der Waals surface area (Å²) < 4.78 is 1.08. The van der Waals surface area contributed by atoms with Crippen LogP contribution in [0.2, 0.25) is 0 Å². The summed E-state index contributed by atoms with van der Waals surface area (Å²) in [6.45, 7) is 5.37. The van der Waals surface area contributed by atoms with Gasteiger partial charge in [0, 0.05) is 5.69 Å². The molecule has 2 aromatic rings. The maximum Gasteiger partial charge on any atom is 0.247 e. The van der Waals surface area contributed by atoms with Crippen LogP contribution in [0.4, 0.5) is 5.69 Å². The lowest BCUT2D eigenvalue weighted by Crippen LogP contribution is -2.06. The number of hydrogen-bond acceptors (Lipinski definition) is 3. The molecule has 1 aromatic heterocycles. The number of amides is 1. The van der Waals surface area contributed by atoms with Crippen LogP contribution in [0.15, 0.2) is 30.9 Å². The van der Waals surface area contributed by atoms with Gasteiger partial charge in [0.25, 0.3) is 0 Å². The van der Waals surface area contributed by atoms with E-state index >= 15 is 0 Å². The molecule has 0 aliphatic carbocycles. The lowest BCUT2D eigenvalue weighted by atomic mass is 10.3. The van der Waals surface area contributed by atoms with E-state index in [0.29, 0.717) is 0 Å². The Morgan fingerprint density at radius 3 is 3.13 bits per heavy atom. The smallest absolute Gasteiger partial charge is 0.247 e. The molecule has 0 unspecified atom stereocenters. The van der Waals surface area contributed by atoms with Gasteiger partial charge in [-0.2, -0.15) is 0 Å². The van der Waals surface area contributed by atoms with E-state index in [1.54, 1.807) is 11.3 Å². The molecular weight excluding hydrogens is 208 g/mol. The number of anilines is 1. The molecule has 1 aromatic carbocycles. The van der Waals surface area contributed by atoms with Crippen LogP contribution in [0, 0.1) is 6.92 Å². The minimum absolute atomic E-state index is 0.199. The van der Waals surface area contributed by atoms with Crippen molar-refractivity contribution < 1.29 is 4.79 Å². The molecule has 15 heavy (non-hydrogen) atoms. The number of aryl methyl sites for hydroxylation is 1. The fourth-order valence-electron chi connectivity index (χ4n) is 1.31. The molecule has 2 rings (SSSR count). The third-order valence-corrected chi connectivity index (χ3v) is 2.88. The standard InChI is InChI=1S/C11H10N2OS/c1-3-11(14)13-8-4-5-9-10(6-8)15-7(2)12-9/h3-6H,1H2,2H3,(H,13,14). The highest BCUT2D eigenvalue weighted by Gasteiger charge is 2.02. The predicted molar refractivity (Wildman–Crippen MR) is 63.2 cm³/mol. The van der Waals surface area contributed by atoms with E-state index in [9.17, 15) is 4.79 Å². The Labute approximate surface area is 91.5 Å². The summed E-state index contributed by atoms with van der Waals surface area (Å²) in [6, 6.07) is 5.65. The lowest BCUT2D eigenvalue weighted by molar-refractivity contribution is -0.111. The van der Waals surface area contributed by atoms with Crippen molar-refractivity contribution >= 4 is 33.1 Å². The minimum atomic E-state index is -0.199. The van der Waals surface area contributed by atoms with Crippen LogP contribution >= 0.6 is 11.3 Å². The zero-order valence-electron chi connectivity index (χ0n) is 8.28. The normalized spacial score (nSPS) is 10.2. The van der Waals surface area contributed by atoms with Crippen LogP contribution in [0.1, 0.15) is 5.01 Å². The van der Waals surface area contributed by atoms with Gasteiger partial charge in [0.15, 0.2) is 0 Å². The molecule has 1 N–H and O–H groups in total. The van der Waals surface area contributed by atoms with Crippen LogP contribution < -0.4 is 5.32 Å². The third-order valence-electron chi connectivity index (χ3n) is 1.95. The van der Waals surface area contributed by atoms with Gasteiger partial charge >= 0.3 is 0 Å². The number of nitrogens with zero attached hydrogens (tertiary/aromatic N) is 1. The second kappa shape index (κ2) is 3.82. The highest BCUT2D eigenvalue weighted by atomic mass is 32.1. The van der Waals surface area contributed by atoms with Gasteiger partial charge in [-0.05, 0) is 31.2 Å². The summed E-state index contributed by atoms with van der Waals surface area (Å²) in [5, 5.41) is 3.74. The van der Waals surface area contributed by atoms with Crippen LogP contribution in [-0.4, -0.2) is 10.9 Å². The van der Waals surface area contributed by atoms with Gasteiger partial charge in [-0.3, -0.25) is 4.79 Å². The number of fused-ring (bicyclic) bond motifs is 1. The number of carbonyl (C=O) groups excluding carboxylic acids is 1. The Bertz CT molecular complexity index is 530. The van der Waals surface area contributed by atoms with Crippen LogP contribution in [0.5, 0.6) is 0 Å². The molecule has 4 heteroatoms. The van der Waals surface area contributed by atoms with E-state index < -0.39 is 0 Å². The fourth-order valence-corrected chi connectivity index (χ4v) is 2.18. The number of carbonyl (C=O) groups is 1. The quantitative estimate of drug-likeness (QED) is 0.787. The molecule has 0 saturated heterocycles. The van der Waals surface area contributed by atoms with Crippen LogP contribution in [-0.2, 0) is 4.79 Å². The van der Waals surface area contributed by atoms with Gasteiger partial charge < -0.3 is 5.32 Å². The molecule has 1 amide bonds. The van der Waals surface area contributed by atoms with Crippen LogP contribution in [0.3, 0.4) is 0 Å². The largest absolute Gasteiger partial charge is 0.322 e. The van der Waals surface area contributed by atoms with Gasteiger partial charge in [-0.25, -0.2) is 4.98 Å². The third kappa shape index (κ3) is 2.05. The SMILES string of the molecule is C=CC(=O)Nc1ccc2nc(C)sc2c1. The Morgan fingerprint density at radius 1 is 1.60 bits per heavy atom. The van der Waals surface area contributed by atoms with Gasteiger partial charge in [-0.15, -0.1) is 11.3 Å². The number of thiazole rings is 1. The van der Waals surface area contributed by atoms with Crippen molar-refractivity contribution in [1.82, 2.24) is 4.98 Å². The molecule has 0 atom stereocenters. The first-order chi connectivity index (χ1) is 7.19. The Hall–Kier alpha value is -1.68. The number of aromatic nitrogens is 1. The number of rotatable bonds is 2. The van der Waals surface area contributed by atoms with E-state index in [4.69, 9.17) is 0 Å². The molecular formula is C11H10N2OS. The van der Waals surface area contributed by atoms with E-state index in [1.807, 2.05) is 25.1 Å². The fraction of sp³-hybridized carbons (Fsp3) is 0.0909. The Balaban J connectivity index is 2.37. The van der Waals surface area contributed by atoms with E-state index in [-0.39, 0.29) is 5.91 Å². The maximum atomic E-state index is 11.1. The van der Waals surface area contributed by atoms with Crippen molar-refractivity contribution in [3.8, 4) is 0 Å². The molecule has 1 heterocycles. The highest BCUT2D eigenvalue weighted by molar-refractivity contribution is 7.18. The van der Waals surface area contributed by atoms with Crippen molar-refractivity contribution in [2.75, 3.05) is 5.32 Å². The molecule has 0 spiro atoms. The number of nitrogens with one attached hydrogen (secondary N) is 1. The topological polar surface area (TPSA) is 42.0 Å². The molecule has 0 fully saturated rings. The van der Waals surface area contributed by atoms with Crippen molar-refractivity contribution in [3.63, 3.8) is 0 Å². The molecule has 0 aliphatic heterocycles. The lowest BCUT2D eigenvalue weighted by Gasteiger charge is -2.00. The van der Waals surface area contributed by atoms with Crippen molar-refractivity contribution in [1.29, 1.82) is 0 Å². The van der Waals surface area contributed by atoms with Gasteiger partial charge in [0.2, 0.25) is 5.91 Å². The number of benzene rings is 1. The maximum absolute atomic E-state index is 11.1. The molecule has 0 bridgehead atoms. The number of hydrogen-bond donors (Lipinski definition) is 1. The molecule has 0 aliphatic rings. The zero-order valence-corrected chi connectivity index (χ0v) is 9.10. The van der Waals surface area contributed by atoms with Crippen molar-refractivity contribution in [2.24, 2.45) is 0 Å². The summed E-state index contributed by atoms with van der Waals surface area (Å²) in [7, 11) is 0. The summed E-state index contributed by atoms with van der Waals surface area (Å²) >= 11 is 1.61. The summed E-state index contributed by atoms with van der Waals surface area (Å²) in [4.78, 5) is 15.4. The predicted octanol–water partition coefficient (Wildman–Crippen LogP) is 2.73. The first kappa shape index (κ1) is 9.86. The van der Waals surface area contributed by atoms with E-state index in [0.717, 1.165) is 20.9 Å². The average Bonchev–Trinajstić information content (AvgIpc) is 2.57. The summed E-state index contributed by atoms with van der Waals surface area (Å²) in [5.41, 5.74) is 1.74. The van der Waals surface area contributed by atoms with Gasteiger partial charge in [0.05, 0.1) is 15.2 Å². The summed E-state index contributed by atoms with van der Waals surface area (Å²) in [6.07, 6.45) is 1.25. The second-order valence-electron chi connectivity index (χ2n) is 3.11. The first-order valence-electron chi connectivity index (χ1n) is 4.49. The van der Waals surface area contributed by atoms with Gasteiger partial charge in [-0.1, -0.05) is 6.58 Å². The first-order valence-corrected chi connectivity index (χ1v) is 5.31. The minimum Gasteiger partial charge on any atom is -0.322 e. The molecule has 0 radical (unpaired) electrons. The summed E-state index contributed by atoms with van der Waals surface area (Å²) in [5.74, 6) is -0.199. The van der Waals surface area contributed by atoms with Crippen molar-refractivity contribution in [3.05, 3.63) is 35.9 Å².